The number of hydrogen-bond donors (Lipinski definition) is 1. The Morgan fingerprint density at radius 3 is 2.83 bits per heavy atom. The number of alkyl halides is 1. The minimum absolute atomic E-state index is 0.0725. The van der Waals surface area contributed by atoms with Crippen molar-refractivity contribution in [3.05, 3.63) is 54.1 Å². The summed E-state index contributed by atoms with van der Waals surface area (Å²) in [5.74, 6) is -1.42. The fraction of sp³-hybridized carbons (Fsp3) is 0.412. The average Bonchev–Trinajstić information content (AvgIpc) is 3.81. The summed E-state index contributed by atoms with van der Waals surface area (Å²) in [6.07, 6.45) is 3.04. The third kappa shape index (κ3) is 5.14. The van der Waals surface area contributed by atoms with Crippen LogP contribution in [0.5, 0.6) is 11.9 Å². The highest BCUT2D eigenvalue weighted by molar-refractivity contribution is 7.23. The van der Waals surface area contributed by atoms with Crippen LogP contribution in [-0.4, -0.2) is 75.8 Å². The first kappa shape index (κ1) is 31.2. The normalized spacial score (nSPS) is 24.1. The van der Waals surface area contributed by atoms with Crippen LogP contribution in [0, 0.1) is 23.0 Å². The van der Waals surface area contributed by atoms with Crippen LogP contribution in [0.15, 0.2) is 36.9 Å². The standard InChI is InChI=1S/C34H33F3N6O3S/c1-3-24-25(10-13-43(24)26(44)4-2)46-32-21-7-6-20(19-8-9-23(36)30-27(19)22(15-38)31(39)47-30)28(37)29(21)40-33(41-32)45-17-34-11-5-12-42(34)16-18(35)14-34/h4,6-9,18,24-25H,2-3,5,10-14,16-17,39H2,1H3/t18-,24-,25-,34?/m1/s1. The number of fused-ring (bicyclic) bond motifs is 3. The second-order valence-corrected chi connectivity index (χ2v) is 13.5. The van der Waals surface area contributed by atoms with Crippen molar-refractivity contribution in [3.63, 3.8) is 0 Å². The smallest absolute Gasteiger partial charge is 0.320 e. The largest absolute Gasteiger partial charge is 0.471 e. The molecule has 0 saturated carbocycles. The number of likely N-dealkylation sites (tertiary alicyclic amines) is 1. The molecular formula is C34H33F3N6O3S. The maximum Gasteiger partial charge on any atom is 0.320 e. The van der Waals surface area contributed by atoms with Crippen molar-refractivity contribution >= 4 is 43.2 Å². The first-order chi connectivity index (χ1) is 22.7. The molecule has 3 aliphatic heterocycles. The Kier molecular flexibility index (Phi) is 7.96. The first-order valence-corrected chi connectivity index (χ1v) is 16.5. The van der Waals surface area contributed by atoms with Crippen LogP contribution < -0.4 is 15.2 Å². The molecule has 47 heavy (non-hydrogen) atoms. The molecule has 4 atom stereocenters. The second kappa shape index (κ2) is 12.0. The second-order valence-electron chi connectivity index (χ2n) is 12.4. The maximum atomic E-state index is 16.7. The fourth-order valence-electron chi connectivity index (χ4n) is 7.63. The summed E-state index contributed by atoms with van der Waals surface area (Å²) in [6.45, 7) is 7.28. The van der Waals surface area contributed by atoms with Gasteiger partial charge in [-0.15, -0.1) is 11.3 Å². The van der Waals surface area contributed by atoms with Crippen LogP contribution in [0.1, 0.15) is 44.6 Å². The van der Waals surface area contributed by atoms with E-state index in [1.807, 2.05) is 13.0 Å². The Morgan fingerprint density at radius 1 is 1.26 bits per heavy atom. The van der Waals surface area contributed by atoms with Gasteiger partial charge in [-0.25, -0.2) is 13.2 Å². The van der Waals surface area contributed by atoms with E-state index in [2.05, 4.69) is 21.4 Å². The van der Waals surface area contributed by atoms with Crippen molar-refractivity contribution in [1.29, 1.82) is 5.26 Å². The zero-order valence-corrected chi connectivity index (χ0v) is 26.6. The lowest BCUT2D eigenvalue weighted by Crippen LogP contribution is -2.43. The lowest BCUT2D eigenvalue weighted by molar-refractivity contribution is -0.127. The van der Waals surface area contributed by atoms with Crippen LogP contribution in [0.3, 0.4) is 0 Å². The number of carbonyl (C=O) groups is 1. The number of benzene rings is 2. The molecule has 1 amide bonds. The van der Waals surface area contributed by atoms with E-state index in [4.69, 9.17) is 15.2 Å². The third-order valence-corrected chi connectivity index (χ3v) is 10.9. The van der Waals surface area contributed by atoms with Gasteiger partial charge in [0.15, 0.2) is 5.82 Å². The van der Waals surface area contributed by atoms with E-state index in [0.717, 1.165) is 30.7 Å². The van der Waals surface area contributed by atoms with Crippen LogP contribution in [0.4, 0.5) is 18.2 Å². The molecular weight excluding hydrogens is 629 g/mol. The van der Waals surface area contributed by atoms with E-state index in [0.29, 0.717) is 32.4 Å². The fourth-order valence-corrected chi connectivity index (χ4v) is 8.58. The van der Waals surface area contributed by atoms with E-state index in [1.165, 1.54) is 24.3 Å². The molecule has 5 heterocycles. The number of anilines is 1. The highest BCUT2D eigenvalue weighted by Crippen LogP contribution is 2.44. The molecule has 13 heteroatoms. The predicted molar refractivity (Wildman–Crippen MR) is 173 cm³/mol. The third-order valence-electron chi connectivity index (χ3n) is 9.83. The maximum absolute atomic E-state index is 16.7. The summed E-state index contributed by atoms with van der Waals surface area (Å²) in [7, 11) is 0. The zero-order chi connectivity index (χ0) is 33.0. The van der Waals surface area contributed by atoms with Gasteiger partial charge in [0.25, 0.3) is 0 Å². The van der Waals surface area contributed by atoms with E-state index in [9.17, 15) is 18.8 Å². The molecule has 2 aromatic carbocycles. The lowest BCUT2D eigenvalue weighted by Gasteiger charge is -2.31. The van der Waals surface area contributed by atoms with E-state index in [1.54, 1.807) is 11.0 Å². The molecule has 3 aliphatic rings. The molecule has 7 rings (SSSR count). The number of rotatable bonds is 8. The number of ether oxygens (including phenoxy) is 2. The average molecular weight is 663 g/mol. The highest BCUT2D eigenvalue weighted by Gasteiger charge is 2.49. The van der Waals surface area contributed by atoms with Crippen molar-refractivity contribution in [2.45, 2.75) is 62.9 Å². The molecule has 244 valence electrons. The molecule has 0 radical (unpaired) electrons. The highest BCUT2D eigenvalue weighted by atomic mass is 32.1. The van der Waals surface area contributed by atoms with Gasteiger partial charge in [-0.3, -0.25) is 9.69 Å². The molecule has 0 spiro atoms. The number of hydrogen-bond acceptors (Lipinski definition) is 9. The van der Waals surface area contributed by atoms with Gasteiger partial charge in [0.1, 0.15) is 41.3 Å². The molecule has 4 aromatic rings. The van der Waals surface area contributed by atoms with Crippen molar-refractivity contribution in [2.75, 3.05) is 32.0 Å². The number of aromatic nitrogens is 2. The molecule has 9 nitrogen and oxygen atoms in total. The van der Waals surface area contributed by atoms with Crippen molar-refractivity contribution in [2.24, 2.45) is 0 Å². The number of nitrogen functional groups attached to an aromatic ring is 1. The van der Waals surface area contributed by atoms with Crippen molar-refractivity contribution in [3.8, 4) is 29.1 Å². The van der Waals surface area contributed by atoms with E-state index in [-0.39, 0.29) is 73.1 Å². The summed E-state index contributed by atoms with van der Waals surface area (Å²) >= 11 is 0.930. The number of halogens is 3. The van der Waals surface area contributed by atoms with Crippen LogP contribution >= 0.6 is 11.3 Å². The summed E-state index contributed by atoms with van der Waals surface area (Å²) in [5, 5.41) is 10.4. The lowest BCUT2D eigenvalue weighted by atomic mass is 9.95. The number of carbonyl (C=O) groups excluding carboxylic acids is 1. The summed E-state index contributed by atoms with van der Waals surface area (Å²) in [6, 6.07) is 7.42. The SMILES string of the molecule is C=CC(=O)N1CC[C@@H](Oc2nc(OCC34CCCN3C[C@H](F)C4)nc3c(F)c(-c4ccc(F)c5sc(N)c(C#N)c45)ccc23)[C@H]1CC. The molecule has 1 unspecified atom stereocenters. The Hall–Kier alpha value is -4.41. The first-order valence-electron chi connectivity index (χ1n) is 15.7. The molecule has 0 aliphatic carbocycles. The predicted octanol–water partition coefficient (Wildman–Crippen LogP) is 6.14. The van der Waals surface area contributed by atoms with E-state index >= 15 is 4.39 Å². The minimum atomic E-state index is -0.957. The Balaban J connectivity index is 1.33. The summed E-state index contributed by atoms with van der Waals surface area (Å²) in [4.78, 5) is 25.4. The topological polar surface area (TPSA) is 118 Å². The summed E-state index contributed by atoms with van der Waals surface area (Å²) in [5.41, 5.74) is 5.90. The number of nitrogens with zero attached hydrogens (tertiary/aromatic N) is 5. The number of nitrogens with two attached hydrogens (primary N) is 1. The molecule has 3 fully saturated rings. The molecule has 2 N–H and O–H groups in total. The molecule has 3 saturated heterocycles. The van der Waals surface area contributed by atoms with Gasteiger partial charge in [0, 0.05) is 36.9 Å². The quantitative estimate of drug-likeness (QED) is 0.224. The van der Waals surface area contributed by atoms with Crippen molar-refractivity contribution < 1.29 is 27.4 Å². The molecule has 0 bridgehead atoms. The van der Waals surface area contributed by atoms with Gasteiger partial charge < -0.3 is 20.1 Å². The van der Waals surface area contributed by atoms with Crippen molar-refractivity contribution in [1.82, 2.24) is 19.8 Å². The van der Waals surface area contributed by atoms with Gasteiger partial charge in [0.05, 0.1) is 27.2 Å². The minimum Gasteiger partial charge on any atom is -0.471 e. The van der Waals surface area contributed by atoms with Crippen LogP contribution in [0.2, 0.25) is 0 Å². The Bertz CT molecular complexity index is 1960. The Labute approximate surface area is 273 Å². The zero-order valence-electron chi connectivity index (χ0n) is 25.8. The van der Waals surface area contributed by atoms with Crippen LogP contribution in [-0.2, 0) is 4.79 Å². The van der Waals surface area contributed by atoms with Gasteiger partial charge in [-0.2, -0.15) is 15.2 Å². The molecule has 2 aromatic heterocycles. The van der Waals surface area contributed by atoms with Gasteiger partial charge in [0.2, 0.25) is 11.8 Å². The van der Waals surface area contributed by atoms with Gasteiger partial charge in [-0.1, -0.05) is 25.6 Å². The monoisotopic (exact) mass is 662 g/mol. The number of amides is 1. The number of thiophene rings is 1. The van der Waals surface area contributed by atoms with E-state index < -0.39 is 29.4 Å². The number of nitriles is 1. The van der Waals surface area contributed by atoms with Crippen LogP contribution in [0.25, 0.3) is 32.1 Å². The Morgan fingerprint density at radius 2 is 2.06 bits per heavy atom. The summed E-state index contributed by atoms with van der Waals surface area (Å²) < 4.78 is 58.8. The van der Waals surface area contributed by atoms with Gasteiger partial charge in [-0.05, 0) is 49.6 Å². The van der Waals surface area contributed by atoms with Gasteiger partial charge >= 0.3 is 6.01 Å².